The summed E-state index contributed by atoms with van der Waals surface area (Å²) in [6.07, 6.45) is 3.11. The van der Waals surface area contributed by atoms with Crippen molar-refractivity contribution in [3.05, 3.63) is 63.7 Å². The Kier molecular flexibility index (Phi) is 4.06. The van der Waals surface area contributed by atoms with Crippen molar-refractivity contribution in [1.82, 2.24) is 0 Å². The van der Waals surface area contributed by atoms with Crippen LogP contribution in [0, 0.1) is 11.3 Å². The fraction of sp³-hybridized carbons (Fsp3) is 0. The Bertz CT molecular complexity index is 664. The van der Waals surface area contributed by atoms with Crippen molar-refractivity contribution in [2.45, 2.75) is 0 Å². The minimum Gasteiger partial charge on any atom is -0.410 e. The maximum atomic E-state index is 9.31. The van der Waals surface area contributed by atoms with Gasteiger partial charge in [-0.2, -0.15) is 5.26 Å². The first-order chi connectivity index (χ1) is 9.19. The van der Waals surface area contributed by atoms with Crippen LogP contribution in [-0.4, -0.2) is 10.9 Å². The highest BCUT2D eigenvalue weighted by atomic mass is 35.5. The lowest BCUT2D eigenvalue weighted by atomic mass is 9.97. The van der Waals surface area contributed by atoms with E-state index in [1.54, 1.807) is 6.08 Å². The van der Waals surface area contributed by atoms with E-state index in [9.17, 15) is 5.26 Å². The lowest BCUT2D eigenvalue weighted by Crippen LogP contribution is -2.04. The van der Waals surface area contributed by atoms with Crippen molar-refractivity contribution >= 4 is 34.5 Å². The van der Waals surface area contributed by atoms with Crippen LogP contribution >= 0.6 is 23.2 Å². The first-order valence-corrected chi connectivity index (χ1v) is 6.10. The Labute approximate surface area is 120 Å². The summed E-state index contributed by atoms with van der Waals surface area (Å²) in [5.41, 5.74) is 1.84. The fourth-order valence-corrected chi connectivity index (χ4v) is 2.15. The second-order valence-electron chi connectivity index (χ2n) is 3.71. The predicted molar refractivity (Wildman–Crippen MR) is 76.1 cm³/mol. The van der Waals surface area contributed by atoms with Crippen LogP contribution in [-0.2, 0) is 0 Å². The molecule has 1 aliphatic carbocycles. The first-order valence-electron chi connectivity index (χ1n) is 5.35. The highest BCUT2D eigenvalue weighted by Gasteiger charge is 2.19. The average Bonchev–Trinajstić information content (AvgIpc) is 2.45. The second-order valence-corrected chi connectivity index (χ2v) is 4.47. The maximum absolute atomic E-state index is 9.31. The molecule has 1 aromatic rings. The summed E-state index contributed by atoms with van der Waals surface area (Å²) < 4.78 is 0. The fourth-order valence-electron chi connectivity index (χ4n) is 1.69. The van der Waals surface area contributed by atoms with Gasteiger partial charge < -0.3 is 5.21 Å². The van der Waals surface area contributed by atoms with E-state index < -0.39 is 0 Å². The van der Waals surface area contributed by atoms with Gasteiger partial charge in [0.2, 0.25) is 0 Å². The van der Waals surface area contributed by atoms with Crippen molar-refractivity contribution in [3.8, 4) is 6.07 Å². The number of benzene rings is 1. The van der Waals surface area contributed by atoms with E-state index in [2.05, 4.69) is 11.2 Å². The van der Waals surface area contributed by atoms with Crippen molar-refractivity contribution in [1.29, 1.82) is 5.26 Å². The Morgan fingerprint density at radius 3 is 2.37 bits per heavy atom. The van der Waals surface area contributed by atoms with E-state index >= 15 is 0 Å². The average molecular weight is 291 g/mol. The number of hydrogen-bond donors (Lipinski definition) is 1. The summed E-state index contributed by atoms with van der Waals surface area (Å²) in [4.78, 5) is 0. The molecule has 94 valence electrons. The van der Waals surface area contributed by atoms with E-state index in [0.29, 0.717) is 11.1 Å². The molecular weight excluding hydrogens is 283 g/mol. The molecule has 0 radical (unpaired) electrons. The summed E-state index contributed by atoms with van der Waals surface area (Å²) in [5.74, 6) is 0. The Hall–Kier alpha value is -2.02. The number of oxime groups is 1. The molecule has 2 rings (SSSR count). The van der Waals surface area contributed by atoms with Gasteiger partial charge in [0.05, 0.1) is 15.6 Å². The molecule has 0 atom stereocenters. The van der Waals surface area contributed by atoms with E-state index in [1.807, 2.05) is 30.3 Å². The summed E-state index contributed by atoms with van der Waals surface area (Å²) in [6, 6.07) is 11.3. The smallest absolute Gasteiger partial charge is 0.122 e. The van der Waals surface area contributed by atoms with Gasteiger partial charge in [0.25, 0.3) is 0 Å². The van der Waals surface area contributed by atoms with Crippen LogP contribution in [0.15, 0.2) is 63.3 Å². The van der Waals surface area contributed by atoms with Gasteiger partial charge in [0.1, 0.15) is 11.8 Å². The van der Waals surface area contributed by atoms with Crippen LogP contribution in [0.5, 0.6) is 0 Å². The molecule has 1 aliphatic rings. The van der Waals surface area contributed by atoms with Crippen LogP contribution in [0.25, 0.3) is 5.57 Å². The largest absolute Gasteiger partial charge is 0.410 e. The third-order valence-electron chi connectivity index (χ3n) is 2.61. The zero-order valence-electron chi connectivity index (χ0n) is 9.64. The van der Waals surface area contributed by atoms with Gasteiger partial charge in [0, 0.05) is 5.57 Å². The predicted octanol–water partition coefficient (Wildman–Crippen LogP) is 4.05. The molecule has 0 spiro atoms. The number of halogens is 2. The quantitative estimate of drug-likeness (QED) is 0.482. The Morgan fingerprint density at radius 2 is 1.79 bits per heavy atom. The molecule has 19 heavy (non-hydrogen) atoms. The summed E-state index contributed by atoms with van der Waals surface area (Å²) in [6.45, 7) is 0. The normalized spacial score (nSPS) is 19.5. The Balaban J connectivity index is 2.63. The molecule has 1 N–H and O–H groups in total. The van der Waals surface area contributed by atoms with Crippen LogP contribution in [0.4, 0.5) is 0 Å². The standard InChI is InChI=1S/C14H8Cl2N2O/c15-13-10(6-7-12(18-19)14(13)16)11(8-17)9-4-2-1-3-5-9/h1-7,19H/b11-10+,18-12?. The highest BCUT2D eigenvalue weighted by molar-refractivity contribution is 6.52. The highest BCUT2D eigenvalue weighted by Crippen LogP contribution is 2.33. The lowest BCUT2D eigenvalue weighted by Gasteiger charge is -2.12. The SMILES string of the molecule is N#C/C(=C1/C=CC(=NO)C(Cl)=C1Cl)c1ccccc1. The molecule has 0 saturated carbocycles. The number of allylic oxidation sites excluding steroid dienone is 6. The second kappa shape index (κ2) is 5.75. The molecule has 0 fully saturated rings. The van der Waals surface area contributed by atoms with Gasteiger partial charge in [-0.25, -0.2) is 0 Å². The molecule has 3 nitrogen and oxygen atoms in total. The number of nitriles is 1. The van der Waals surface area contributed by atoms with E-state index in [-0.39, 0.29) is 15.8 Å². The van der Waals surface area contributed by atoms with Gasteiger partial charge in [-0.1, -0.05) is 58.7 Å². The summed E-state index contributed by atoms with van der Waals surface area (Å²) in [7, 11) is 0. The van der Waals surface area contributed by atoms with Crippen LogP contribution in [0.2, 0.25) is 0 Å². The zero-order valence-corrected chi connectivity index (χ0v) is 11.2. The molecule has 0 amide bonds. The molecule has 1 aromatic carbocycles. The minimum atomic E-state index is 0.116. The van der Waals surface area contributed by atoms with E-state index in [1.165, 1.54) is 6.08 Å². The molecule has 0 aromatic heterocycles. The summed E-state index contributed by atoms with van der Waals surface area (Å²) in [5, 5.41) is 21.4. The van der Waals surface area contributed by atoms with Crippen molar-refractivity contribution in [2.75, 3.05) is 0 Å². The Morgan fingerprint density at radius 1 is 1.11 bits per heavy atom. The van der Waals surface area contributed by atoms with Crippen LogP contribution in [0.3, 0.4) is 0 Å². The first kappa shape index (κ1) is 13.4. The maximum Gasteiger partial charge on any atom is 0.122 e. The molecule has 5 heteroatoms. The van der Waals surface area contributed by atoms with Gasteiger partial charge in [-0.15, -0.1) is 0 Å². The minimum absolute atomic E-state index is 0.116. The molecule has 0 unspecified atom stereocenters. The molecule has 0 saturated heterocycles. The van der Waals surface area contributed by atoms with Gasteiger partial charge in [-0.05, 0) is 17.7 Å². The molecule has 0 bridgehead atoms. The third-order valence-corrected chi connectivity index (χ3v) is 3.49. The van der Waals surface area contributed by atoms with Crippen molar-refractivity contribution < 1.29 is 5.21 Å². The topological polar surface area (TPSA) is 56.4 Å². The molecule has 0 heterocycles. The lowest BCUT2D eigenvalue weighted by molar-refractivity contribution is 0.320. The number of hydrogen-bond acceptors (Lipinski definition) is 3. The van der Waals surface area contributed by atoms with Crippen LogP contribution in [0.1, 0.15) is 5.56 Å². The number of nitrogens with zero attached hydrogens (tertiary/aromatic N) is 2. The van der Waals surface area contributed by atoms with Gasteiger partial charge >= 0.3 is 0 Å². The molecular formula is C14H8Cl2N2O. The van der Waals surface area contributed by atoms with E-state index in [4.69, 9.17) is 28.4 Å². The third kappa shape index (κ3) is 2.55. The van der Waals surface area contributed by atoms with Gasteiger partial charge in [-0.3, -0.25) is 0 Å². The van der Waals surface area contributed by atoms with Gasteiger partial charge in [0.15, 0.2) is 0 Å². The van der Waals surface area contributed by atoms with Crippen molar-refractivity contribution in [3.63, 3.8) is 0 Å². The zero-order chi connectivity index (χ0) is 13.8. The monoisotopic (exact) mass is 290 g/mol. The summed E-state index contributed by atoms with van der Waals surface area (Å²) >= 11 is 12.1. The molecule has 0 aliphatic heterocycles. The van der Waals surface area contributed by atoms with E-state index in [0.717, 1.165) is 5.56 Å². The number of rotatable bonds is 1. The van der Waals surface area contributed by atoms with Crippen molar-refractivity contribution in [2.24, 2.45) is 5.16 Å². The van der Waals surface area contributed by atoms with Crippen LogP contribution < -0.4 is 0 Å².